The zero-order valence-electron chi connectivity index (χ0n) is 9.36. The van der Waals surface area contributed by atoms with Gasteiger partial charge in [0.1, 0.15) is 4.75 Å². The van der Waals surface area contributed by atoms with Crippen molar-refractivity contribution < 1.29 is 19.5 Å². The minimum absolute atomic E-state index is 0.0328. The van der Waals surface area contributed by atoms with Crippen molar-refractivity contribution in [3.8, 4) is 0 Å². The molecule has 0 aliphatic carbocycles. The Morgan fingerprint density at radius 2 is 2.12 bits per heavy atom. The maximum absolute atomic E-state index is 11.6. The average molecular weight is 245 g/mol. The molecule has 0 aromatic heterocycles. The van der Waals surface area contributed by atoms with Gasteiger partial charge in [-0.1, -0.05) is 0 Å². The first-order valence-corrected chi connectivity index (χ1v) is 6.03. The molecule has 1 rings (SSSR count). The summed E-state index contributed by atoms with van der Waals surface area (Å²) in [5.41, 5.74) is 0. The number of carboxylic acid groups (broad SMARTS) is 1. The first kappa shape index (κ1) is 13.0. The fourth-order valence-corrected chi connectivity index (χ4v) is 2.06. The van der Waals surface area contributed by atoms with E-state index >= 15 is 0 Å². The molecule has 1 aliphatic heterocycles. The summed E-state index contributed by atoms with van der Waals surface area (Å²) in [4.78, 5) is 34.9. The van der Waals surface area contributed by atoms with Crippen LogP contribution in [0.1, 0.15) is 26.7 Å². The average Bonchev–Trinajstić information content (AvgIpc) is 2.61. The highest BCUT2D eigenvalue weighted by Crippen LogP contribution is 2.25. The van der Waals surface area contributed by atoms with Gasteiger partial charge in [0, 0.05) is 13.0 Å². The van der Waals surface area contributed by atoms with E-state index in [9.17, 15) is 14.4 Å². The number of carboxylic acids is 1. The largest absolute Gasteiger partial charge is 0.480 e. The van der Waals surface area contributed by atoms with Crippen LogP contribution in [0.2, 0.25) is 0 Å². The van der Waals surface area contributed by atoms with Gasteiger partial charge in [0.2, 0.25) is 11.8 Å². The van der Waals surface area contributed by atoms with Crippen LogP contribution >= 0.6 is 11.8 Å². The Morgan fingerprint density at radius 3 is 2.56 bits per heavy atom. The zero-order valence-corrected chi connectivity index (χ0v) is 10.2. The van der Waals surface area contributed by atoms with Crippen molar-refractivity contribution in [2.45, 2.75) is 31.4 Å². The van der Waals surface area contributed by atoms with Crippen molar-refractivity contribution in [2.75, 3.05) is 12.3 Å². The molecular weight excluding hydrogens is 230 g/mol. The van der Waals surface area contributed by atoms with Crippen molar-refractivity contribution >= 4 is 29.5 Å². The number of thioether (sulfide) groups is 1. The van der Waals surface area contributed by atoms with E-state index in [4.69, 9.17) is 5.11 Å². The molecule has 90 valence electrons. The molecule has 16 heavy (non-hydrogen) atoms. The van der Waals surface area contributed by atoms with E-state index in [1.54, 1.807) is 13.8 Å². The van der Waals surface area contributed by atoms with Crippen molar-refractivity contribution in [2.24, 2.45) is 0 Å². The van der Waals surface area contributed by atoms with Gasteiger partial charge in [0.25, 0.3) is 0 Å². The van der Waals surface area contributed by atoms with Crippen molar-refractivity contribution in [3.63, 3.8) is 0 Å². The second-order valence-corrected chi connectivity index (χ2v) is 5.74. The van der Waals surface area contributed by atoms with E-state index in [2.05, 4.69) is 0 Å². The molecule has 1 saturated heterocycles. The maximum atomic E-state index is 11.6. The lowest BCUT2D eigenvalue weighted by Gasteiger charge is -2.20. The van der Waals surface area contributed by atoms with E-state index < -0.39 is 10.7 Å². The second kappa shape index (κ2) is 4.86. The summed E-state index contributed by atoms with van der Waals surface area (Å²) < 4.78 is -1.00. The predicted molar refractivity (Wildman–Crippen MR) is 60.1 cm³/mol. The fourth-order valence-electron chi connectivity index (χ4n) is 1.29. The normalized spacial score (nSPS) is 16.6. The SMILES string of the molecule is CC(C)(SCC(=O)N1CCCC1=O)C(=O)O. The first-order valence-electron chi connectivity index (χ1n) is 5.05. The van der Waals surface area contributed by atoms with Crippen LogP contribution in [-0.2, 0) is 14.4 Å². The summed E-state index contributed by atoms with van der Waals surface area (Å²) >= 11 is 1.04. The molecule has 0 aromatic carbocycles. The number of rotatable bonds is 4. The van der Waals surface area contributed by atoms with E-state index in [0.29, 0.717) is 19.4 Å². The highest BCUT2D eigenvalue weighted by Gasteiger charge is 2.31. The first-order chi connectivity index (χ1) is 7.34. The van der Waals surface area contributed by atoms with E-state index in [1.165, 1.54) is 4.90 Å². The molecule has 1 N–H and O–H groups in total. The summed E-state index contributed by atoms with van der Waals surface area (Å²) in [6, 6.07) is 0. The molecule has 0 atom stereocenters. The zero-order chi connectivity index (χ0) is 12.3. The molecule has 0 bridgehead atoms. The highest BCUT2D eigenvalue weighted by atomic mass is 32.2. The van der Waals surface area contributed by atoms with Crippen molar-refractivity contribution in [1.29, 1.82) is 0 Å². The van der Waals surface area contributed by atoms with Gasteiger partial charge in [0.15, 0.2) is 0 Å². The number of hydrogen-bond acceptors (Lipinski definition) is 4. The molecule has 5 nitrogen and oxygen atoms in total. The number of aliphatic carboxylic acids is 1. The number of carbonyl (C=O) groups excluding carboxylic acids is 2. The molecule has 2 amide bonds. The molecule has 0 saturated carbocycles. The topological polar surface area (TPSA) is 74.7 Å². The molecule has 0 aromatic rings. The van der Waals surface area contributed by atoms with Gasteiger partial charge in [-0.3, -0.25) is 19.3 Å². The monoisotopic (exact) mass is 245 g/mol. The van der Waals surface area contributed by atoms with Crippen LogP contribution in [0, 0.1) is 0 Å². The number of nitrogens with zero attached hydrogens (tertiary/aromatic N) is 1. The molecule has 0 unspecified atom stereocenters. The van der Waals surface area contributed by atoms with Gasteiger partial charge in [-0.25, -0.2) is 0 Å². The van der Waals surface area contributed by atoms with Gasteiger partial charge in [0.05, 0.1) is 5.75 Å². The smallest absolute Gasteiger partial charge is 0.319 e. The Labute approximate surface area is 98.2 Å². The molecule has 0 spiro atoms. The second-order valence-electron chi connectivity index (χ2n) is 4.15. The number of likely N-dealkylation sites (tertiary alicyclic amines) is 1. The van der Waals surface area contributed by atoms with Gasteiger partial charge < -0.3 is 5.11 Å². The highest BCUT2D eigenvalue weighted by molar-refractivity contribution is 8.01. The molecule has 1 aliphatic rings. The minimum Gasteiger partial charge on any atom is -0.480 e. The van der Waals surface area contributed by atoms with E-state index in [1.807, 2.05) is 0 Å². The van der Waals surface area contributed by atoms with Crippen LogP contribution in [0.5, 0.6) is 0 Å². The predicted octanol–water partition coefficient (Wildman–Crippen LogP) is 0.732. The van der Waals surface area contributed by atoms with Crippen molar-refractivity contribution in [1.82, 2.24) is 4.90 Å². The standard InChI is InChI=1S/C10H15NO4S/c1-10(2,9(14)15)16-6-8(13)11-5-3-4-7(11)12/h3-6H2,1-2H3,(H,14,15). The third-order valence-corrected chi connectivity index (χ3v) is 3.73. The van der Waals surface area contributed by atoms with Crippen LogP contribution in [0.3, 0.4) is 0 Å². The number of hydrogen-bond donors (Lipinski definition) is 1. The summed E-state index contributed by atoms with van der Waals surface area (Å²) in [5, 5.41) is 8.86. The van der Waals surface area contributed by atoms with Crippen LogP contribution < -0.4 is 0 Å². The lowest BCUT2D eigenvalue weighted by Crippen LogP contribution is -2.36. The summed E-state index contributed by atoms with van der Waals surface area (Å²) in [5.74, 6) is -1.37. The third kappa shape index (κ3) is 2.98. The van der Waals surface area contributed by atoms with Gasteiger partial charge in [-0.05, 0) is 20.3 Å². The molecule has 0 radical (unpaired) electrons. The Bertz CT molecular complexity index is 327. The van der Waals surface area contributed by atoms with Crippen molar-refractivity contribution in [3.05, 3.63) is 0 Å². The summed E-state index contributed by atoms with van der Waals surface area (Å²) in [6.45, 7) is 3.55. The lowest BCUT2D eigenvalue weighted by molar-refractivity contribution is -0.140. The van der Waals surface area contributed by atoms with E-state index in [0.717, 1.165) is 11.8 Å². The Morgan fingerprint density at radius 1 is 1.50 bits per heavy atom. The molecule has 1 fully saturated rings. The van der Waals surface area contributed by atoms with E-state index in [-0.39, 0.29) is 17.6 Å². The molecular formula is C10H15NO4S. The Kier molecular flexibility index (Phi) is 3.96. The molecule has 1 heterocycles. The van der Waals surface area contributed by atoms with Crippen LogP contribution in [0.4, 0.5) is 0 Å². The van der Waals surface area contributed by atoms with Gasteiger partial charge in [-0.15, -0.1) is 11.8 Å². The number of imide groups is 1. The Hall–Kier alpha value is -1.04. The quantitative estimate of drug-likeness (QED) is 0.790. The number of amides is 2. The van der Waals surface area contributed by atoms with Gasteiger partial charge >= 0.3 is 5.97 Å². The lowest BCUT2D eigenvalue weighted by atomic mass is 10.2. The summed E-state index contributed by atoms with van der Waals surface area (Å²) in [7, 11) is 0. The fraction of sp³-hybridized carbons (Fsp3) is 0.700. The van der Waals surface area contributed by atoms with Crippen LogP contribution in [0.15, 0.2) is 0 Å². The minimum atomic E-state index is -1.00. The van der Waals surface area contributed by atoms with Gasteiger partial charge in [-0.2, -0.15) is 0 Å². The molecule has 6 heteroatoms. The van der Waals surface area contributed by atoms with Crippen LogP contribution in [-0.4, -0.2) is 44.8 Å². The Balaban J connectivity index is 2.47. The third-order valence-electron chi connectivity index (χ3n) is 2.45. The number of carbonyl (C=O) groups is 3. The van der Waals surface area contributed by atoms with Crippen LogP contribution in [0.25, 0.3) is 0 Å². The maximum Gasteiger partial charge on any atom is 0.319 e. The summed E-state index contributed by atoms with van der Waals surface area (Å²) in [6.07, 6.45) is 1.12.